The minimum absolute atomic E-state index is 0.0428. The summed E-state index contributed by atoms with van der Waals surface area (Å²) in [5.41, 5.74) is 4.64. The first-order chi connectivity index (χ1) is 9.75. The Morgan fingerprint density at radius 2 is 2.00 bits per heavy atom. The zero-order valence-corrected chi connectivity index (χ0v) is 12.3. The molecule has 0 spiro atoms. The van der Waals surface area contributed by atoms with Crippen LogP contribution in [0.2, 0.25) is 0 Å². The third-order valence-corrected chi connectivity index (χ3v) is 3.24. The third kappa shape index (κ3) is 5.28. The Hall–Kier alpha value is -1.72. The summed E-state index contributed by atoms with van der Waals surface area (Å²) in [6.07, 6.45) is -0.600. The minimum Gasteiger partial charge on any atom is -0.398 e. The number of nitrogens with one attached hydrogen (secondary N) is 1. The average molecular weight is 302 g/mol. The van der Waals surface area contributed by atoms with Gasteiger partial charge in [-0.05, 0) is 31.5 Å². The summed E-state index contributed by atoms with van der Waals surface area (Å²) < 4.78 is 38.0. The van der Waals surface area contributed by atoms with E-state index < -0.39 is 17.6 Å². The summed E-state index contributed by atoms with van der Waals surface area (Å²) >= 11 is 0. The van der Waals surface area contributed by atoms with Gasteiger partial charge in [-0.2, -0.15) is 13.2 Å². The Morgan fingerprint density at radius 1 is 1.33 bits per heavy atom. The molecule has 0 aliphatic carbocycles. The second kappa shape index (κ2) is 7.33. The molecule has 0 saturated heterocycles. The van der Waals surface area contributed by atoms with Crippen molar-refractivity contribution in [3.63, 3.8) is 0 Å². The molecule has 1 aromatic rings. The first kappa shape index (κ1) is 17.3. The number of hydrogen-bond acceptors (Lipinski definition) is 2. The summed E-state index contributed by atoms with van der Waals surface area (Å²) in [6, 6.07) is 2.68. The van der Waals surface area contributed by atoms with Gasteiger partial charge >= 0.3 is 6.18 Å². The fourth-order valence-electron chi connectivity index (χ4n) is 2.00. The van der Waals surface area contributed by atoms with Crippen molar-refractivity contribution < 1.29 is 18.0 Å². The van der Waals surface area contributed by atoms with Crippen molar-refractivity contribution in [1.29, 1.82) is 0 Å². The van der Waals surface area contributed by atoms with Gasteiger partial charge in [-0.15, -0.1) is 0 Å². The van der Waals surface area contributed by atoms with E-state index in [1.54, 1.807) is 0 Å². The fraction of sp³-hybridized carbons (Fsp3) is 0.533. The van der Waals surface area contributed by atoms with Crippen molar-refractivity contribution in [2.45, 2.75) is 51.7 Å². The molecular formula is C15H21F3N2O. The van der Waals surface area contributed by atoms with Gasteiger partial charge in [-0.25, -0.2) is 0 Å². The molecule has 1 atom stereocenters. The largest absolute Gasteiger partial charge is 0.416 e. The topological polar surface area (TPSA) is 55.1 Å². The Morgan fingerprint density at radius 3 is 2.57 bits per heavy atom. The highest BCUT2D eigenvalue weighted by atomic mass is 19.4. The van der Waals surface area contributed by atoms with Crippen LogP contribution in [0.1, 0.15) is 55.5 Å². The number of nitrogen functional groups attached to an aromatic ring is 1. The van der Waals surface area contributed by atoms with Gasteiger partial charge in [0.2, 0.25) is 0 Å². The SMILES string of the molecule is CCCCCC(C)NC(=O)c1cc(C(F)(F)F)ccc1N. The number of alkyl halides is 3. The number of hydrogen-bond donors (Lipinski definition) is 2. The van der Waals surface area contributed by atoms with Gasteiger partial charge in [0.05, 0.1) is 11.1 Å². The van der Waals surface area contributed by atoms with E-state index in [2.05, 4.69) is 12.2 Å². The monoisotopic (exact) mass is 302 g/mol. The number of halogens is 3. The second-order valence-electron chi connectivity index (χ2n) is 5.17. The zero-order valence-electron chi connectivity index (χ0n) is 12.3. The highest BCUT2D eigenvalue weighted by molar-refractivity contribution is 5.99. The van der Waals surface area contributed by atoms with E-state index in [-0.39, 0.29) is 17.3 Å². The zero-order chi connectivity index (χ0) is 16.0. The Kier molecular flexibility index (Phi) is 6.05. The molecule has 0 aliphatic heterocycles. The Labute approximate surface area is 122 Å². The van der Waals surface area contributed by atoms with Crippen molar-refractivity contribution in [3.8, 4) is 0 Å². The van der Waals surface area contributed by atoms with Crippen molar-refractivity contribution in [1.82, 2.24) is 5.32 Å². The molecule has 0 radical (unpaired) electrons. The smallest absolute Gasteiger partial charge is 0.398 e. The fourth-order valence-corrected chi connectivity index (χ4v) is 2.00. The molecule has 1 unspecified atom stereocenters. The van der Waals surface area contributed by atoms with E-state index in [0.717, 1.165) is 43.9 Å². The van der Waals surface area contributed by atoms with E-state index in [1.807, 2.05) is 6.92 Å². The van der Waals surface area contributed by atoms with Crippen LogP contribution in [0.3, 0.4) is 0 Å². The number of unbranched alkanes of at least 4 members (excludes halogenated alkanes) is 2. The van der Waals surface area contributed by atoms with Gasteiger partial charge in [0.1, 0.15) is 0 Å². The Balaban J connectivity index is 2.78. The molecule has 0 saturated carbocycles. The summed E-state index contributed by atoms with van der Waals surface area (Å²) in [7, 11) is 0. The molecule has 3 nitrogen and oxygen atoms in total. The van der Waals surface area contributed by atoms with Gasteiger partial charge in [-0.3, -0.25) is 4.79 Å². The summed E-state index contributed by atoms with van der Waals surface area (Å²) in [6.45, 7) is 3.91. The van der Waals surface area contributed by atoms with Gasteiger partial charge in [-0.1, -0.05) is 26.2 Å². The van der Waals surface area contributed by atoms with Gasteiger partial charge in [0.15, 0.2) is 0 Å². The van der Waals surface area contributed by atoms with Crippen LogP contribution in [0, 0.1) is 0 Å². The van der Waals surface area contributed by atoms with Crippen LogP contribution < -0.4 is 11.1 Å². The number of carbonyl (C=O) groups excluding carboxylic acids is 1. The van der Waals surface area contributed by atoms with Crippen LogP contribution in [0.4, 0.5) is 18.9 Å². The number of benzene rings is 1. The Bertz CT molecular complexity index is 486. The first-order valence-electron chi connectivity index (χ1n) is 7.03. The summed E-state index contributed by atoms with van der Waals surface area (Å²) in [5.74, 6) is -0.567. The number of rotatable bonds is 6. The van der Waals surface area contributed by atoms with Crippen LogP contribution in [0.5, 0.6) is 0 Å². The van der Waals surface area contributed by atoms with E-state index in [4.69, 9.17) is 5.73 Å². The van der Waals surface area contributed by atoms with E-state index >= 15 is 0 Å². The molecule has 0 fully saturated rings. The number of nitrogens with two attached hydrogens (primary N) is 1. The molecule has 3 N–H and O–H groups in total. The van der Waals surface area contributed by atoms with Crippen molar-refractivity contribution >= 4 is 11.6 Å². The standard InChI is InChI=1S/C15H21F3N2O/c1-3-4-5-6-10(2)20-14(21)12-9-11(15(16,17)18)7-8-13(12)19/h7-10H,3-6,19H2,1-2H3,(H,20,21). The van der Waals surface area contributed by atoms with Crippen molar-refractivity contribution in [3.05, 3.63) is 29.3 Å². The molecular weight excluding hydrogens is 281 g/mol. The van der Waals surface area contributed by atoms with Crippen molar-refractivity contribution in [2.75, 3.05) is 5.73 Å². The highest BCUT2D eigenvalue weighted by Gasteiger charge is 2.31. The minimum atomic E-state index is -4.49. The molecule has 6 heteroatoms. The molecule has 1 rings (SSSR count). The molecule has 0 bridgehead atoms. The summed E-state index contributed by atoms with van der Waals surface area (Å²) in [5, 5.41) is 2.69. The van der Waals surface area contributed by atoms with Crippen molar-refractivity contribution in [2.24, 2.45) is 0 Å². The predicted octanol–water partition coefficient (Wildman–Crippen LogP) is 3.99. The van der Waals surface area contributed by atoms with Gasteiger partial charge in [0.25, 0.3) is 5.91 Å². The van der Waals surface area contributed by atoms with Crippen LogP contribution >= 0.6 is 0 Å². The molecule has 21 heavy (non-hydrogen) atoms. The lowest BCUT2D eigenvalue weighted by Crippen LogP contribution is -2.33. The summed E-state index contributed by atoms with van der Waals surface area (Å²) in [4.78, 5) is 12.0. The predicted molar refractivity (Wildman–Crippen MR) is 76.9 cm³/mol. The number of anilines is 1. The maximum atomic E-state index is 12.7. The molecule has 1 amide bonds. The molecule has 1 aromatic carbocycles. The molecule has 118 valence electrons. The molecule has 0 aliphatic rings. The number of carbonyl (C=O) groups is 1. The third-order valence-electron chi connectivity index (χ3n) is 3.24. The molecule has 0 heterocycles. The van der Waals surface area contributed by atoms with Crippen LogP contribution in [0.25, 0.3) is 0 Å². The van der Waals surface area contributed by atoms with E-state index in [1.165, 1.54) is 0 Å². The molecule has 0 aromatic heterocycles. The second-order valence-corrected chi connectivity index (χ2v) is 5.17. The number of amides is 1. The quantitative estimate of drug-likeness (QED) is 0.616. The van der Waals surface area contributed by atoms with E-state index in [0.29, 0.717) is 0 Å². The van der Waals surface area contributed by atoms with Crippen LogP contribution in [0.15, 0.2) is 18.2 Å². The highest BCUT2D eigenvalue weighted by Crippen LogP contribution is 2.31. The van der Waals surface area contributed by atoms with Crippen LogP contribution in [-0.2, 0) is 6.18 Å². The van der Waals surface area contributed by atoms with E-state index in [9.17, 15) is 18.0 Å². The first-order valence-corrected chi connectivity index (χ1v) is 7.03. The van der Waals surface area contributed by atoms with Crippen LogP contribution in [-0.4, -0.2) is 11.9 Å². The lowest BCUT2D eigenvalue weighted by atomic mass is 10.1. The normalized spacial score (nSPS) is 13.0. The van der Waals surface area contributed by atoms with Gasteiger partial charge < -0.3 is 11.1 Å². The maximum Gasteiger partial charge on any atom is 0.416 e. The maximum absolute atomic E-state index is 12.7. The average Bonchev–Trinajstić information content (AvgIpc) is 2.37. The lowest BCUT2D eigenvalue weighted by Gasteiger charge is -2.16. The van der Waals surface area contributed by atoms with Gasteiger partial charge in [0, 0.05) is 11.7 Å². The lowest BCUT2D eigenvalue weighted by molar-refractivity contribution is -0.137.